The van der Waals surface area contributed by atoms with Crippen molar-refractivity contribution in [2.75, 3.05) is 0 Å². The molecular weight excluding hydrogens is 112 g/mol. The molecular formula is C7H15N2+. The number of hydrogen-bond donors (Lipinski definition) is 1. The van der Waals surface area contributed by atoms with E-state index >= 15 is 0 Å². The molecule has 0 saturated heterocycles. The van der Waals surface area contributed by atoms with Gasteiger partial charge in [0.15, 0.2) is 6.34 Å². The first kappa shape index (κ1) is 6.75. The summed E-state index contributed by atoms with van der Waals surface area (Å²) in [5, 5.41) is 2.21. The Morgan fingerprint density at radius 3 is 3.00 bits per heavy atom. The van der Waals surface area contributed by atoms with E-state index in [1.165, 1.54) is 12.8 Å². The smallest absolute Gasteiger partial charge is 0.182 e. The molecule has 2 unspecified atom stereocenters. The van der Waals surface area contributed by atoms with Crippen molar-refractivity contribution in [2.24, 2.45) is 4.99 Å². The molecule has 0 aliphatic carbocycles. The Morgan fingerprint density at radius 1 is 1.78 bits per heavy atom. The highest BCUT2D eigenvalue weighted by atomic mass is 15.0. The van der Waals surface area contributed by atoms with Gasteiger partial charge in [-0.15, -0.1) is 0 Å². The van der Waals surface area contributed by atoms with Crippen LogP contribution < -0.4 is 5.32 Å². The molecule has 0 saturated carbocycles. The summed E-state index contributed by atoms with van der Waals surface area (Å²) in [7, 11) is 0. The van der Waals surface area contributed by atoms with Crippen LogP contribution in [0.25, 0.3) is 0 Å². The van der Waals surface area contributed by atoms with Crippen LogP contribution in [0.15, 0.2) is 4.99 Å². The third-order valence-corrected chi connectivity index (χ3v) is 1.87. The molecule has 0 aromatic rings. The predicted octanol–water partition coefficient (Wildman–Crippen LogP) is 0.149. The van der Waals surface area contributed by atoms with Gasteiger partial charge in [0.25, 0.3) is 0 Å². The van der Waals surface area contributed by atoms with Crippen LogP contribution in [0.2, 0.25) is 0 Å². The Labute approximate surface area is 56.4 Å². The first-order chi connectivity index (χ1) is 4.33. The van der Waals surface area contributed by atoms with Crippen molar-refractivity contribution in [3.8, 4) is 0 Å². The number of aliphatic imine (C=N–C) groups is 1. The van der Waals surface area contributed by atoms with Gasteiger partial charge in [0, 0.05) is 6.42 Å². The lowest BCUT2D eigenvalue weighted by Gasteiger charge is -2.17. The summed E-state index contributed by atoms with van der Waals surface area (Å²) in [5.41, 5.74) is 0. The molecule has 1 aliphatic heterocycles. The summed E-state index contributed by atoms with van der Waals surface area (Å²) in [6.45, 7) is 4.40. The number of rotatable bonds is 1. The molecule has 2 nitrogen and oxygen atoms in total. The molecule has 0 fully saturated rings. The summed E-state index contributed by atoms with van der Waals surface area (Å²) in [6, 6.07) is 1.34. The van der Waals surface area contributed by atoms with Crippen molar-refractivity contribution in [3.05, 3.63) is 0 Å². The van der Waals surface area contributed by atoms with E-state index in [9.17, 15) is 0 Å². The van der Waals surface area contributed by atoms with Crippen molar-refractivity contribution in [1.82, 2.24) is 0 Å². The van der Waals surface area contributed by atoms with Crippen molar-refractivity contribution < 1.29 is 5.32 Å². The second-order valence-corrected chi connectivity index (χ2v) is 2.74. The average molecular weight is 127 g/mol. The van der Waals surface area contributed by atoms with E-state index in [0.29, 0.717) is 6.04 Å². The largest absolute Gasteiger partial charge is 0.302 e. The molecule has 0 amide bonds. The molecule has 1 aliphatic rings. The molecule has 1 heterocycles. The highest BCUT2D eigenvalue weighted by molar-refractivity contribution is 5.42. The van der Waals surface area contributed by atoms with E-state index < -0.39 is 0 Å². The molecule has 0 aromatic carbocycles. The van der Waals surface area contributed by atoms with Crippen LogP contribution in [0.4, 0.5) is 0 Å². The Balaban J connectivity index is 2.38. The first-order valence-electron chi connectivity index (χ1n) is 3.69. The summed E-state index contributed by atoms with van der Waals surface area (Å²) in [4.78, 5) is 4.25. The fraction of sp³-hybridized carbons (Fsp3) is 0.857. The molecule has 0 radical (unpaired) electrons. The zero-order valence-electron chi connectivity index (χ0n) is 6.17. The monoisotopic (exact) mass is 127 g/mol. The minimum Gasteiger partial charge on any atom is -0.302 e. The van der Waals surface area contributed by atoms with Gasteiger partial charge in [0.2, 0.25) is 0 Å². The van der Waals surface area contributed by atoms with Crippen LogP contribution in [-0.2, 0) is 0 Å². The molecule has 0 aromatic heterocycles. The maximum atomic E-state index is 4.25. The molecule has 52 valence electrons. The van der Waals surface area contributed by atoms with Crippen molar-refractivity contribution >= 4 is 6.34 Å². The predicted molar refractivity (Wildman–Crippen MR) is 38.6 cm³/mol. The molecule has 0 bridgehead atoms. The van der Waals surface area contributed by atoms with Gasteiger partial charge in [-0.3, -0.25) is 0 Å². The van der Waals surface area contributed by atoms with E-state index in [4.69, 9.17) is 0 Å². The molecule has 1 rings (SSSR count). The van der Waals surface area contributed by atoms with E-state index in [0.717, 1.165) is 6.04 Å². The lowest BCUT2D eigenvalue weighted by molar-refractivity contribution is -0.578. The topological polar surface area (TPSA) is 29.0 Å². The summed E-state index contributed by atoms with van der Waals surface area (Å²) in [5.74, 6) is 0. The summed E-state index contributed by atoms with van der Waals surface area (Å²) in [6.07, 6.45) is 4.46. The molecule has 2 atom stereocenters. The summed E-state index contributed by atoms with van der Waals surface area (Å²) < 4.78 is 0. The first-order valence-corrected chi connectivity index (χ1v) is 3.69. The van der Waals surface area contributed by atoms with Gasteiger partial charge in [0.1, 0.15) is 0 Å². The van der Waals surface area contributed by atoms with Crippen LogP contribution in [0, 0.1) is 0 Å². The van der Waals surface area contributed by atoms with Crippen molar-refractivity contribution in [3.63, 3.8) is 0 Å². The quantitative estimate of drug-likeness (QED) is 0.519. The third kappa shape index (κ3) is 1.79. The third-order valence-electron chi connectivity index (χ3n) is 1.87. The van der Waals surface area contributed by atoms with Crippen LogP contribution in [0.5, 0.6) is 0 Å². The fourth-order valence-corrected chi connectivity index (χ4v) is 1.20. The molecule has 0 spiro atoms. The standard InChI is InChI=1S/C7H14N2/c1-3-7-4-6(2)8-5-9-7/h5-7H,3-4H2,1-2H3,(H,8,9)/p+1. The van der Waals surface area contributed by atoms with E-state index in [-0.39, 0.29) is 0 Å². The van der Waals surface area contributed by atoms with Gasteiger partial charge < -0.3 is 5.32 Å². The maximum absolute atomic E-state index is 4.25. The second kappa shape index (κ2) is 2.97. The molecule has 9 heavy (non-hydrogen) atoms. The van der Waals surface area contributed by atoms with Crippen LogP contribution in [-0.4, -0.2) is 18.4 Å². The van der Waals surface area contributed by atoms with Crippen LogP contribution in [0.1, 0.15) is 26.7 Å². The van der Waals surface area contributed by atoms with Crippen LogP contribution in [0.3, 0.4) is 0 Å². The molecule has 2 heteroatoms. The Hall–Kier alpha value is -0.370. The van der Waals surface area contributed by atoms with Gasteiger partial charge in [-0.1, -0.05) is 6.92 Å². The Morgan fingerprint density at radius 2 is 2.56 bits per heavy atom. The Bertz CT molecular complexity index is 109. The van der Waals surface area contributed by atoms with Gasteiger partial charge in [-0.05, 0) is 13.3 Å². The van der Waals surface area contributed by atoms with Crippen molar-refractivity contribution in [2.45, 2.75) is 38.8 Å². The number of quaternary nitrogens is 1. The van der Waals surface area contributed by atoms with Gasteiger partial charge >= 0.3 is 0 Å². The number of hydrogen-bond acceptors (Lipinski definition) is 1. The van der Waals surface area contributed by atoms with Gasteiger partial charge in [-0.2, -0.15) is 0 Å². The maximum Gasteiger partial charge on any atom is 0.182 e. The minimum absolute atomic E-state index is 0.556. The zero-order chi connectivity index (χ0) is 6.69. The lowest BCUT2D eigenvalue weighted by atomic mass is 10.1. The minimum atomic E-state index is 0.556. The lowest BCUT2D eigenvalue weighted by Crippen LogP contribution is -2.90. The Kier molecular flexibility index (Phi) is 2.22. The van der Waals surface area contributed by atoms with Gasteiger partial charge in [-0.25, -0.2) is 4.99 Å². The van der Waals surface area contributed by atoms with Crippen LogP contribution >= 0.6 is 0 Å². The number of nitrogens with two attached hydrogens (primary N) is 1. The SMILES string of the molecule is CCC1CC(C)N=C[NH2+]1. The zero-order valence-corrected chi connectivity index (χ0v) is 6.17. The van der Waals surface area contributed by atoms with E-state index in [1.54, 1.807) is 0 Å². The highest BCUT2D eigenvalue weighted by Gasteiger charge is 2.15. The van der Waals surface area contributed by atoms with Gasteiger partial charge in [0.05, 0.1) is 12.1 Å². The van der Waals surface area contributed by atoms with Crippen molar-refractivity contribution in [1.29, 1.82) is 0 Å². The van der Waals surface area contributed by atoms with E-state index in [2.05, 4.69) is 24.2 Å². The normalized spacial score (nSPS) is 34.9. The number of nitrogens with zero attached hydrogens (tertiary/aromatic N) is 1. The van der Waals surface area contributed by atoms with E-state index in [1.807, 2.05) is 6.34 Å². The fourth-order valence-electron chi connectivity index (χ4n) is 1.20. The highest BCUT2D eigenvalue weighted by Crippen LogP contribution is 2.02. The summed E-state index contributed by atoms with van der Waals surface area (Å²) >= 11 is 0. The molecule has 2 N–H and O–H groups in total. The second-order valence-electron chi connectivity index (χ2n) is 2.74. The average Bonchev–Trinajstić information content (AvgIpc) is 1.88.